The van der Waals surface area contributed by atoms with Crippen molar-refractivity contribution in [1.29, 1.82) is 0 Å². The first kappa shape index (κ1) is 24.8. The van der Waals surface area contributed by atoms with Crippen LogP contribution in [-0.4, -0.2) is 58.9 Å². The van der Waals surface area contributed by atoms with E-state index in [2.05, 4.69) is 28.2 Å². The number of hydrogen-bond donors (Lipinski definition) is 5. The van der Waals surface area contributed by atoms with Crippen LogP contribution in [-0.2, 0) is 0 Å². The maximum atomic E-state index is 5.41. The fourth-order valence-corrected chi connectivity index (χ4v) is 2.87. The number of nitrogens with one attached hydrogen (secondary N) is 4. The van der Waals surface area contributed by atoms with Gasteiger partial charge in [0.15, 0.2) is 0 Å². The third-order valence-corrected chi connectivity index (χ3v) is 4.46. The van der Waals surface area contributed by atoms with Crippen LogP contribution in [0.3, 0.4) is 0 Å². The average molecular weight is 358 g/mol. The summed E-state index contributed by atoms with van der Waals surface area (Å²) < 4.78 is 0. The van der Waals surface area contributed by atoms with Gasteiger partial charge in [-0.3, -0.25) is 0 Å². The highest BCUT2D eigenvalue weighted by molar-refractivity contribution is 4.57. The second-order valence-electron chi connectivity index (χ2n) is 6.97. The predicted octanol–water partition coefficient (Wildman–Crippen LogP) is 2.22. The lowest BCUT2D eigenvalue weighted by atomic mass is 10.1. The van der Waals surface area contributed by atoms with Crippen LogP contribution in [0.4, 0.5) is 0 Å². The molecule has 0 aliphatic carbocycles. The molecule has 0 aromatic rings. The predicted molar refractivity (Wildman–Crippen MR) is 112 cm³/mol. The van der Waals surface area contributed by atoms with E-state index in [-0.39, 0.29) is 0 Å². The molecule has 25 heavy (non-hydrogen) atoms. The van der Waals surface area contributed by atoms with Gasteiger partial charge in [-0.25, -0.2) is 0 Å². The molecule has 0 rings (SSSR count). The second kappa shape index (κ2) is 23.8. The van der Waals surface area contributed by atoms with Crippen molar-refractivity contribution in [3.63, 3.8) is 0 Å². The molecule has 152 valence electrons. The fraction of sp³-hybridized carbons (Fsp3) is 1.00. The van der Waals surface area contributed by atoms with Crippen molar-refractivity contribution in [3.8, 4) is 0 Å². The molecule has 0 bridgehead atoms. The molecule has 0 heterocycles. The van der Waals surface area contributed by atoms with E-state index in [9.17, 15) is 0 Å². The minimum atomic E-state index is 0.716. The van der Waals surface area contributed by atoms with E-state index in [1.807, 2.05) is 0 Å². The molecule has 0 aromatic carbocycles. The standard InChI is InChI=1S/C20H47N5/c1-2-3-4-5-6-7-8-9-10-11-13-22-15-17-24-19-20-25-18-16-23-14-12-21/h22-25H,2-21H2,1H3. The van der Waals surface area contributed by atoms with Gasteiger partial charge in [-0.2, -0.15) is 0 Å². The molecule has 0 aromatic heterocycles. The topological polar surface area (TPSA) is 74.1 Å². The van der Waals surface area contributed by atoms with Gasteiger partial charge in [-0.05, 0) is 13.0 Å². The average Bonchev–Trinajstić information content (AvgIpc) is 2.63. The number of hydrogen-bond acceptors (Lipinski definition) is 5. The molecule has 0 amide bonds. The maximum absolute atomic E-state index is 5.41. The zero-order valence-electron chi connectivity index (χ0n) is 17.0. The first-order chi connectivity index (χ1) is 12.4. The molecule has 0 saturated carbocycles. The number of rotatable bonds is 22. The normalized spacial score (nSPS) is 11.3. The Bertz CT molecular complexity index is 204. The molecular weight excluding hydrogens is 310 g/mol. The fourth-order valence-electron chi connectivity index (χ4n) is 2.87. The van der Waals surface area contributed by atoms with Gasteiger partial charge >= 0.3 is 0 Å². The zero-order valence-corrected chi connectivity index (χ0v) is 17.0. The lowest BCUT2D eigenvalue weighted by Gasteiger charge is -2.08. The molecule has 0 aliphatic heterocycles. The van der Waals surface area contributed by atoms with Gasteiger partial charge in [0.05, 0.1) is 0 Å². The van der Waals surface area contributed by atoms with Crippen molar-refractivity contribution >= 4 is 0 Å². The number of unbranched alkanes of at least 4 members (excludes halogenated alkanes) is 9. The summed E-state index contributed by atoms with van der Waals surface area (Å²) in [6.45, 7) is 11.3. The highest BCUT2D eigenvalue weighted by Gasteiger charge is 1.93. The van der Waals surface area contributed by atoms with Gasteiger partial charge in [0.2, 0.25) is 0 Å². The van der Waals surface area contributed by atoms with Crippen LogP contribution in [0.25, 0.3) is 0 Å². The zero-order chi connectivity index (χ0) is 18.3. The van der Waals surface area contributed by atoms with Crippen molar-refractivity contribution in [1.82, 2.24) is 21.3 Å². The molecule has 6 N–H and O–H groups in total. The van der Waals surface area contributed by atoms with Crippen LogP contribution in [0.5, 0.6) is 0 Å². The third-order valence-electron chi connectivity index (χ3n) is 4.46. The third kappa shape index (κ3) is 23.8. The van der Waals surface area contributed by atoms with Crippen LogP contribution in [0.1, 0.15) is 71.1 Å². The van der Waals surface area contributed by atoms with Gasteiger partial charge in [-0.1, -0.05) is 64.7 Å². The van der Waals surface area contributed by atoms with Crippen molar-refractivity contribution in [2.75, 3.05) is 58.9 Å². The van der Waals surface area contributed by atoms with Gasteiger partial charge in [0, 0.05) is 52.4 Å². The van der Waals surface area contributed by atoms with Crippen LogP contribution in [0.15, 0.2) is 0 Å². The lowest BCUT2D eigenvalue weighted by molar-refractivity contribution is 0.534. The Balaban J connectivity index is 2.94. The van der Waals surface area contributed by atoms with E-state index in [1.54, 1.807) is 0 Å². The Labute approximate surface area is 157 Å². The summed E-state index contributed by atoms with van der Waals surface area (Å²) in [5, 5.41) is 13.7. The van der Waals surface area contributed by atoms with Crippen molar-refractivity contribution < 1.29 is 0 Å². The molecule has 5 nitrogen and oxygen atoms in total. The summed E-state index contributed by atoms with van der Waals surface area (Å²) in [6, 6.07) is 0. The quantitative estimate of drug-likeness (QED) is 0.192. The minimum Gasteiger partial charge on any atom is -0.329 e. The molecule has 5 heteroatoms. The van der Waals surface area contributed by atoms with Crippen LogP contribution < -0.4 is 27.0 Å². The van der Waals surface area contributed by atoms with Crippen LogP contribution in [0.2, 0.25) is 0 Å². The SMILES string of the molecule is CCCCCCCCCCCCNCCNCCNCCNCCN. The minimum absolute atomic E-state index is 0.716. The molecule has 0 aliphatic rings. The summed E-state index contributed by atoms with van der Waals surface area (Å²) in [7, 11) is 0. The second-order valence-corrected chi connectivity index (χ2v) is 6.97. The van der Waals surface area contributed by atoms with Crippen LogP contribution >= 0.6 is 0 Å². The summed E-state index contributed by atoms with van der Waals surface area (Å²) in [5.41, 5.74) is 5.41. The summed E-state index contributed by atoms with van der Waals surface area (Å²) in [5.74, 6) is 0. The summed E-state index contributed by atoms with van der Waals surface area (Å²) in [6.07, 6.45) is 14.1. The van der Waals surface area contributed by atoms with E-state index in [0.717, 1.165) is 45.8 Å². The van der Waals surface area contributed by atoms with Gasteiger partial charge in [0.25, 0.3) is 0 Å². The van der Waals surface area contributed by atoms with Gasteiger partial charge in [0.1, 0.15) is 0 Å². The Hall–Kier alpha value is -0.200. The van der Waals surface area contributed by atoms with E-state index in [4.69, 9.17) is 5.73 Å². The maximum Gasteiger partial charge on any atom is 0.00772 e. The Morgan fingerprint density at radius 2 is 0.800 bits per heavy atom. The number of nitrogens with two attached hydrogens (primary N) is 1. The smallest absolute Gasteiger partial charge is 0.00772 e. The highest BCUT2D eigenvalue weighted by Crippen LogP contribution is 2.10. The monoisotopic (exact) mass is 357 g/mol. The molecule has 0 fully saturated rings. The van der Waals surface area contributed by atoms with E-state index in [1.165, 1.54) is 70.8 Å². The van der Waals surface area contributed by atoms with E-state index >= 15 is 0 Å². The molecule has 0 unspecified atom stereocenters. The van der Waals surface area contributed by atoms with E-state index in [0.29, 0.717) is 6.54 Å². The Morgan fingerprint density at radius 3 is 1.24 bits per heavy atom. The van der Waals surface area contributed by atoms with Crippen molar-refractivity contribution in [2.45, 2.75) is 71.1 Å². The molecule has 0 radical (unpaired) electrons. The summed E-state index contributed by atoms with van der Waals surface area (Å²) in [4.78, 5) is 0. The van der Waals surface area contributed by atoms with Crippen molar-refractivity contribution in [3.05, 3.63) is 0 Å². The van der Waals surface area contributed by atoms with Gasteiger partial charge < -0.3 is 27.0 Å². The molecular formula is C20H47N5. The lowest BCUT2D eigenvalue weighted by Crippen LogP contribution is -2.36. The van der Waals surface area contributed by atoms with Gasteiger partial charge in [-0.15, -0.1) is 0 Å². The van der Waals surface area contributed by atoms with E-state index < -0.39 is 0 Å². The molecule has 0 atom stereocenters. The Kier molecular flexibility index (Phi) is 23.6. The Morgan fingerprint density at radius 1 is 0.440 bits per heavy atom. The molecule has 0 spiro atoms. The first-order valence-corrected chi connectivity index (χ1v) is 10.9. The summed E-state index contributed by atoms with van der Waals surface area (Å²) >= 11 is 0. The van der Waals surface area contributed by atoms with Crippen LogP contribution in [0, 0.1) is 0 Å². The largest absolute Gasteiger partial charge is 0.329 e. The molecule has 0 saturated heterocycles. The first-order valence-electron chi connectivity index (χ1n) is 10.9. The van der Waals surface area contributed by atoms with Crippen molar-refractivity contribution in [2.24, 2.45) is 5.73 Å². The highest BCUT2D eigenvalue weighted by atomic mass is 15.0.